The van der Waals surface area contributed by atoms with E-state index in [-0.39, 0.29) is 23.2 Å². The van der Waals surface area contributed by atoms with E-state index in [4.69, 9.17) is 15.5 Å². The van der Waals surface area contributed by atoms with Gasteiger partial charge in [0.05, 0.1) is 29.0 Å². The fourth-order valence-corrected chi connectivity index (χ4v) is 5.41. The number of Topliss-reactive ketones (excluding diaryl/α,β-unsaturated/α-hetero) is 1. The minimum absolute atomic E-state index is 0.129. The number of ketones is 1. The minimum Gasteiger partial charge on any atom is -0.465 e. The van der Waals surface area contributed by atoms with Crippen molar-refractivity contribution in [3.63, 3.8) is 0 Å². The molecule has 198 valence electrons. The quantitative estimate of drug-likeness (QED) is 0.355. The van der Waals surface area contributed by atoms with Crippen molar-refractivity contribution in [2.45, 2.75) is 52.6 Å². The van der Waals surface area contributed by atoms with E-state index in [1.165, 1.54) is 16.3 Å². The van der Waals surface area contributed by atoms with E-state index in [9.17, 15) is 14.7 Å². The smallest absolute Gasteiger partial charge is 0.408 e. The molecular formula is C28H32N6O4. The number of carbonyl (C=O) groups is 2. The predicted molar refractivity (Wildman–Crippen MR) is 144 cm³/mol. The Labute approximate surface area is 220 Å². The van der Waals surface area contributed by atoms with Crippen LogP contribution in [0.3, 0.4) is 0 Å². The molecule has 1 aliphatic heterocycles. The Morgan fingerprint density at radius 3 is 2.55 bits per heavy atom. The second-order valence-corrected chi connectivity index (χ2v) is 10.8. The van der Waals surface area contributed by atoms with Crippen LogP contribution in [0.2, 0.25) is 0 Å². The van der Waals surface area contributed by atoms with Crippen LogP contribution >= 0.6 is 0 Å². The lowest BCUT2D eigenvalue weighted by Crippen LogP contribution is -2.49. The molecule has 1 saturated heterocycles. The molecule has 1 atom stereocenters. The molecular weight excluding hydrogens is 484 g/mol. The summed E-state index contributed by atoms with van der Waals surface area (Å²) >= 11 is 0. The van der Waals surface area contributed by atoms with Crippen LogP contribution in [-0.4, -0.2) is 60.7 Å². The molecule has 5 rings (SSSR count). The van der Waals surface area contributed by atoms with Crippen molar-refractivity contribution in [1.29, 1.82) is 0 Å². The molecule has 1 fully saturated rings. The van der Waals surface area contributed by atoms with Crippen molar-refractivity contribution in [2.75, 3.05) is 18.9 Å². The van der Waals surface area contributed by atoms with Gasteiger partial charge >= 0.3 is 6.09 Å². The van der Waals surface area contributed by atoms with Crippen molar-refractivity contribution < 1.29 is 19.4 Å². The summed E-state index contributed by atoms with van der Waals surface area (Å²) in [6.07, 6.45) is 3.46. The van der Waals surface area contributed by atoms with Gasteiger partial charge in [-0.15, -0.1) is 0 Å². The Morgan fingerprint density at radius 1 is 1.18 bits per heavy atom. The number of nitrogens with zero attached hydrogens (tertiary/aromatic N) is 5. The number of amides is 1. The monoisotopic (exact) mass is 516 g/mol. The van der Waals surface area contributed by atoms with E-state index in [1.54, 1.807) is 12.4 Å². The Kier molecular flexibility index (Phi) is 6.52. The molecule has 1 aromatic carbocycles. The summed E-state index contributed by atoms with van der Waals surface area (Å²) in [5.74, 6) is -0.174. The normalized spacial score (nSPS) is 15.6. The Balaban J connectivity index is 1.76. The molecule has 0 spiro atoms. The van der Waals surface area contributed by atoms with Gasteiger partial charge in [-0.1, -0.05) is 39.0 Å². The zero-order valence-corrected chi connectivity index (χ0v) is 22.0. The van der Waals surface area contributed by atoms with Crippen LogP contribution in [0.5, 0.6) is 0 Å². The molecule has 38 heavy (non-hydrogen) atoms. The number of para-hydroxylation sites is 1. The molecule has 1 aliphatic rings. The molecule has 0 aliphatic carbocycles. The van der Waals surface area contributed by atoms with Crippen LogP contribution in [0.1, 0.15) is 62.6 Å². The second kappa shape index (κ2) is 9.68. The Morgan fingerprint density at radius 2 is 1.89 bits per heavy atom. The highest BCUT2D eigenvalue weighted by Gasteiger charge is 2.43. The van der Waals surface area contributed by atoms with Gasteiger partial charge in [-0.25, -0.2) is 9.78 Å². The summed E-state index contributed by atoms with van der Waals surface area (Å²) in [7, 11) is 0. The molecule has 0 saturated carbocycles. The third-order valence-corrected chi connectivity index (χ3v) is 7.13. The molecule has 0 bridgehead atoms. The van der Waals surface area contributed by atoms with Gasteiger partial charge in [0, 0.05) is 42.0 Å². The lowest BCUT2D eigenvalue weighted by atomic mass is 9.80. The summed E-state index contributed by atoms with van der Waals surface area (Å²) in [5, 5.41) is 15.9. The van der Waals surface area contributed by atoms with Gasteiger partial charge in [0.15, 0.2) is 11.4 Å². The summed E-state index contributed by atoms with van der Waals surface area (Å²) < 4.78 is 6.95. The van der Waals surface area contributed by atoms with Gasteiger partial charge in [-0.05, 0) is 37.3 Å². The standard InChI is InChI=1S/C28H32N6O4/c1-16(35)22-23(24(28(2,3)4)33(27(36)37)19-9-11-38-12-10-19)32-26-20(15-31-34(26)25(22)29)18-13-17-7-5-6-8-21(17)30-14-18/h5-8,13-15,19,24H,9-12,29H2,1-4H3,(H,36,37). The number of benzene rings is 1. The zero-order chi connectivity index (χ0) is 27.2. The van der Waals surface area contributed by atoms with Crippen molar-refractivity contribution in [1.82, 2.24) is 24.5 Å². The number of carboxylic acid groups (broad SMARTS) is 1. The first kappa shape index (κ1) is 25.6. The van der Waals surface area contributed by atoms with Crippen molar-refractivity contribution in [2.24, 2.45) is 5.41 Å². The minimum atomic E-state index is -1.07. The Hall–Kier alpha value is -4.05. The fourth-order valence-electron chi connectivity index (χ4n) is 5.41. The average Bonchev–Trinajstić information content (AvgIpc) is 3.30. The number of fused-ring (bicyclic) bond motifs is 2. The van der Waals surface area contributed by atoms with Crippen LogP contribution in [0, 0.1) is 5.41 Å². The number of hydrogen-bond donors (Lipinski definition) is 2. The van der Waals surface area contributed by atoms with Gasteiger partial charge in [0.2, 0.25) is 0 Å². The molecule has 4 heterocycles. The van der Waals surface area contributed by atoms with Gasteiger partial charge in [0.1, 0.15) is 5.82 Å². The Bertz CT molecular complexity index is 1530. The van der Waals surface area contributed by atoms with E-state index in [2.05, 4.69) is 10.1 Å². The third-order valence-electron chi connectivity index (χ3n) is 7.13. The van der Waals surface area contributed by atoms with Crippen LogP contribution in [0.4, 0.5) is 10.6 Å². The first-order valence-corrected chi connectivity index (χ1v) is 12.7. The molecule has 10 nitrogen and oxygen atoms in total. The van der Waals surface area contributed by atoms with Crippen molar-refractivity contribution in [3.8, 4) is 11.1 Å². The van der Waals surface area contributed by atoms with Gasteiger partial charge in [-0.3, -0.25) is 14.7 Å². The van der Waals surface area contributed by atoms with E-state index in [1.807, 2.05) is 51.1 Å². The molecule has 10 heteroatoms. The predicted octanol–water partition coefficient (Wildman–Crippen LogP) is 4.98. The molecule has 3 N–H and O–H groups in total. The number of anilines is 1. The fraction of sp³-hybridized carbons (Fsp3) is 0.393. The van der Waals surface area contributed by atoms with E-state index in [0.717, 1.165) is 16.5 Å². The number of hydrogen-bond acceptors (Lipinski definition) is 7. The number of ether oxygens (including phenoxy) is 1. The van der Waals surface area contributed by atoms with Crippen molar-refractivity contribution in [3.05, 3.63) is 54.0 Å². The largest absolute Gasteiger partial charge is 0.465 e. The van der Waals surface area contributed by atoms with Gasteiger partial charge in [-0.2, -0.15) is 9.61 Å². The second-order valence-electron chi connectivity index (χ2n) is 10.8. The van der Waals surface area contributed by atoms with E-state index < -0.39 is 17.6 Å². The van der Waals surface area contributed by atoms with Gasteiger partial charge < -0.3 is 15.6 Å². The summed E-state index contributed by atoms with van der Waals surface area (Å²) in [6.45, 7) is 8.21. The molecule has 1 unspecified atom stereocenters. The summed E-state index contributed by atoms with van der Waals surface area (Å²) in [5.41, 5.74) is 9.26. The lowest BCUT2D eigenvalue weighted by Gasteiger charge is -2.44. The van der Waals surface area contributed by atoms with E-state index >= 15 is 0 Å². The molecule has 4 aromatic rings. The number of nitrogen functional groups attached to an aromatic ring is 1. The molecule has 1 amide bonds. The maximum absolute atomic E-state index is 13.0. The number of carbonyl (C=O) groups excluding carboxylic acids is 1. The number of aromatic nitrogens is 4. The zero-order valence-electron chi connectivity index (χ0n) is 22.0. The maximum Gasteiger partial charge on any atom is 0.408 e. The molecule has 0 radical (unpaired) electrons. The topological polar surface area (TPSA) is 136 Å². The maximum atomic E-state index is 13.0. The van der Waals surface area contributed by atoms with Crippen LogP contribution in [0.25, 0.3) is 27.7 Å². The highest BCUT2D eigenvalue weighted by atomic mass is 16.5. The molecule has 3 aromatic heterocycles. The first-order chi connectivity index (χ1) is 18.1. The SMILES string of the molecule is CC(=O)c1c(C(N(C(=O)O)C2CCOCC2)C(C)(C)C)nc2c(-c3cnc4ccccc4c3)cnn2c1N. The third kappa shape index (κ3) is 4.45. The number of rotatable bonds is 5. The van der Waals surface area contributed by atoms with Gasteiger partial charge in [0.25, 0.3) is 0 Å². The van der Waals surface area contributed by atoms with Crippen LogP contribution in [0.15, 0.2) is 42.7 Å². The van der Waals surface area contributed by atoms with Crippen LogP contribution in [-0.2, 0) is 4.74 Å². The van der Waals surface area contributed by atoms with E-state index in [0.29, 0.717) is 43.0 Å². The highest BCUT2D eigenvalue weighted by Crippen LogP contribution is 2.43. The summed E-state index contributed by atoms with van der Waals surface area (Å²) in [4.78, 5) is 36.8. The van der Waals surface area contributed by atoms with Crippen LogP contribution < -0.4 is 5.73 Å². The van der Waals surface area contributed by atoms with Crippen molar-refractivity contribution >= 4 is 34.2 Å². The number of nitrogens with two attached hydrogens (primary N) is 1. The highest BCUT2D eigenvalue weighted by molar-refractivity contribution is 6.00. The number of pyridine rings is 1. The first-order valence-electron chi connectivity index (χ1n) is 12.7. The lowest BCUT2D eigenvalue weighted by molar-refractivity contribution is -0.00267. The average molecular weight is 517 g/mol. The summed E-state index contributed by atoms with van der Waals surface area (Å²) in [6, 6.07) is 8.78.